The van der Waals surface area contributed by atoms with Crippen LogP contribution in [0.5, 0.6) is 11.5 Å². The number of halogens is 1. The first-order valence-corrected chi connectivity index (χ1v) is 4.14. The van der Waals surface area contributed by atoms with Crippen LogP contribution >= 0.6 is 28.6 Å². The number of rotatable bonds is 1. The van der Waals surface area contributed by atoms with Crippen LogP contribution in [0.2, 0.25) is 0 Å². The maximum atomic E-state index is 9.30. The summed E-state index contributed by atoms with van der Waals surface area (Å²) >= 11 is 7.28. The molecule has 0 heterocycles. The van der Waals surface area contributed by atoms with Crippen molar-refractivity contribution in [2.45, 2.75) is 4.90 Å². The van der Waals surface area contributed by atoms with Crippen molar-refractivity contribution in [2.75, 3.05) is 7.11 Å². The molecule has 1 rings (SSSR count). The van der Waals surface area contributed by atoms with Crippen LogP contribution < -0.4 is 4.74 Å². The molecule has 4 heteroatoms. The second kappa shape index (κ2) is 3.36. The highest BCUT2D eigenvalue weighted by atomic mass is 79.9. The van der Waals surface area contributed by atoms with Crippen molar-refractivity contribution in [3.05, 3.63) is 16.6 Å². The molecule has 11 heavy (non-hydrogen) atoms. The Hall–Kier alpha value is -0.350. The highest BCUT2D eigenvalue weighted by Gasteiger charge is 2.05. The first-order chi connectivity index (χ1) is 5.15. The van der Waals surface area contributed by atoms with E-state index in [1.54, 1.807) is 12.1 Å². The van der Waals surface area contributed by atoms with E-state index in [0.29, 0.717) is 10.6 Å². The number of hydrogen-bond donors (Lipinski definition) is 2. The predicted molar refractivity (Wildman–Crippen MR) is 49.6 cm³/mol. The largest absolute Gasteiger partial charge is 0.503 e. The molecule has 0 aromatic heterocycles. The summed E-state index contributed by atoms with van der Waals surface area (Å²) in [6, 6.07) is 3.37. The Balaban J connectivity index is 3.24. The average Bonchev–Trinajstić information content (AvgIpc) is 1.96. The topological polar surface area (TPSA) is 29.5 Å². The number of methoxy groups -OCH3 is 1. The monoisotopic (exact) mass is 234 g/mol. The molecule has 0 atom stereocenters. The Morgan fingerprint density at radius 2 is 2.18 bits per heavy atom. The number of benzene rings is 1. The third-order valence-electron chi connectivity index (χ3n) is 1.24. The molecule has 1 aromatic carbocycles. The van der Waals surface area contributed by atoms with Crippen molar-refractivity contribution in [3.8, 4) is 11.5 Å². The molecule has 60 valence electrons. The summed E-state index contributed by atoms with van der Waals surface area (Å²) in [4.78, 5) is 0.497. The van der Waals surface area contributed by atoms with Gasteiger partial charge in [-0.2, -0.15) is 0 Å². The number of hydrogen-bond acceptors (Lipinski definition) is 3. The van der Waals surface area contributed by atoms with Crippen LogP contribution in [0, 0.1) is 0 Å². The van der Waals surface area contributed by atoms with E-state index < -0.39 is 0 Å². The molecule has 1 N–H and O–H groups in total. The van der Waals surface area contributed by atoms with Crippen LogP contribution in [0.25, 0.3) is 0 Å². The van der Waals surface area contributed by atoms with E-state index in [-0.39, 0.29) is 5.75 Å². The third-order valence-corrected chi connectivity index (χ3v) is 2.04. The van der Waals surface area contributed by atoms with Crippen LogP contribution in [0.3, 0.4) is 0 Å². The molecule has 0 saturated carbocycles. The van der Waals surface area contributed by atoms with E-state index in [9.17, 15) is 5.11 Å². The van der Waals surface area contributed by atoms with Gasteiger partial charge in [-0.25, -0.2) is 0 Å². The predicted octanol–water partition coefficient (Wildman–Crippen LogP) is 2.45. The van der Waals surface area contributed by atoms with E-state index in [1.807, 2.05) is 0 Å². The van der Waals surface area contributed by atoms with E-state index in [0.717, 1.165) is 4.47 Å². The fraction of sp³-hybridized carbons (Fsp3) is 0.143. The quantitative estimate of drug-likeness (QED) is 0.732. The van der Waals surface area contributed by atoms with Crippen molar-refractivity contribution < 1.29 is 9.84 Å². The maximum Gasteiger partial charge on any atom is 0.171 e. The molecule has 0 saturated heterocycles. The Morgan fingerprint density at radius 1 is 1.55 bits per heavy atom. The molecule has 0 fully saturated rings. The number of phenolic OH excluding ortho intramolecular Hbond substituents is 1. The van der Waals surface area contributed by atoms with Gasteiger partial charge in [0.2, 0.25) is 0 Å². The molecule has 0 bridgehead atoms. The second-order valence-electron chi connectivity index (χ2n) is 1.98. The summed E-state index contributed by atoms with van der Waals surface area (Å²) < 4.78 is 5.71. The fourth-order valence-electron chi connectivity index (χ4n) is 0.716. The van der Waals surface area contributed by atoms with E-state index in [4.69, 9.17) is 4.74 Å². The molecule has 0 radical (unpaired) electrons. The lowest BCUT2D eigenvalue weighted by Gasteiger charge is -2.05. The normalized spacial score (nSPS) is 9.73. The van der Waals surface area contributed by atoms with Gasteiger partial charge in [-0.05, 0) is 12.1 Å². The minimum Gasteiger partial charge on any atom is -0.503 e. The molecule has 1 aromatic rings. The van der Waals surface area contributed by atoms with Gasteiger partial charge in [0.05, 0.1) is 12.0 Å². The lowest BCUT2D eigenvalue weighted by molar-refractivity contribution is 0.367. The molecule has 0 aliphatic carbocycles. The Labute approximate surface area is 78.7 Å². The Kier molecular flexibility index (Phi) is 2.67. The number of phenols is 1. The van der Waals surface area contributed by atoms with Gasteiger partial charge in [0.1, 0.15) is 0 Å². The summed E-state index contributed by atoms with van der Waals surface area (Å²) in [5.41, 5.74) is 0. The van der Waals surface area contributed by atoms with Crippen LogP contribution in [-0.2, 0) is 0 Å². The van der Waals surface area contributed by atoms with Gasteiger partial charge in [0.25, 0.3) is 0 Å². The van der Waals surface area contributed by atoms with Crippen molar-refractivity contribution in [1.82, 2.24) is 0 Å². The number of thiol groups is 1. The van der Waals surface area contributed by atoms with Gasteiger partial charge >= 0.3 is 0 Å². The molecule has 0 unspecified atom stereocenters. The van der Waals surface area contributed by atoms with Gasteiger partial charge in [0.15, 0.2) is 11.5 Å². The zero-order valence-corrected chi connectivity index (χ0v) is 8.32. The van der Waals surface area contributed by atoms with Crippen LogP contribution in [-0.4, -0.2) is 12.2 Å². The maximum absolute atomic E-state index is 9.30. The molecular weight excluding hydrogens is 228 g/mol. The Morgan fingerprint density at radius 3 is 2.73 bits per heavy atom. The smallest absolute Gasteiger partial charge is 0.171 e. The Bertz CT molecular complexity index is 275. The lowest BCUT2D eigenvalue weighted by Crippen LogP contribution is -1.84. The van der Waals surface area contributed by atoms with Crippen molar-refractivity contribution in [2.24, 2.45) is 0 Å². The summed E-state index contributed by atoms with van der Waals surface area (Å²) in [6.07, 6.45) is 0. The number of ether oxygens (including phenoxy) is 1. The highest BCUT2D eigenvalue weighted by Crippen LogP contribution is 2.35. The van der Waals surface area contributed by atoms with E-state index in [2.05, 4.69) is 28.6 Å². The first-order valence-electron chi connectivity index (χ1n) is 2.90. The van der Waals surface area contributed by atoms with Crippen LogP contribution in [0.15, 0.2) is 21.5 Å². The van der Waals surface area contributed by atoms with Crippen molar-refractivity contribution >= 4 is 28.6 Å². The first kappa shape index (κ1) is 8.74. The summed E-state index contributed by atoms with van der Waals surface area (Å²) in [6.45, 7) is 0. The van der Waals surface area contributed by atoms with Gasteiger partial charge in [-0.1, -0.05) is 15.9 Å². The van der Waals surface area contributed by atoms with E-state index >= 15 is 0 Å². The SMILES string of the molecule is COc1cc(Br)cc(S)c1O. The number of aromatic hydroxyl groups is 1. The molecular formula is C7H7BrO2S. The van der Waals surface area contributed by atoms with Crippen molar-refractivity contribution in [3.63, 3.8) is 0 Å². The molecule has 2 nitrogen and oxygen atoms in total. The summed E-state index contributed by atoms with van der Waals surface area (Å²) in [7, 11) is 1.49. The van der Waals surface area contributed by atoms with Gasteiger partial charge in [-0.15, -0.1) is 12.6 Å². The molecule has 0 amide bonds. The zero-order chi connectivity index (χ0) is 8.43. The third kappa shape index (κ3) is 1.81. The molecule has 0 aliphatic rings. The summed E-state index contributed by atoms with van der Waals surface area (Å²) in [5, 5.41) is 9.30. The van der Waals surface area contributed by atoms with Crippen molar-refractivity contribution in [1.29, 1.82) is 0 Å². The zero-order valence-electron chi connectivity index (χ0n) is 5.84. The molecule has 0 aliphatic heterocycles. The van der Waals surface area contributed by atoms with Crippen LogP contribution in [0.4, 0.5) is 0 Å². The van der Waals surface area contributed by atoms with Crippen LogP contribution in [0.1, 0.15) is 0 Å². The average molecular weight is 235 g/mol. The standard InChI is InChI=1S/C7H7BrO2S/c1-10-5-2-4(8)3-6(11)7(5)9/h2-3,9,11H,1H3. The minimum atomic E-state index is 0.0685. The summed E-state index contributed by atoms with van der Waals surface area (Å²) in [5.74, 6) is 0.489. The van der Waals surface area contributed by atoms with Gasteiger partial charge in [-0.3, -0.25) is 0 Å². The highest BCUT2D eigenvalue weighted by molar-refractivity contribution is 9.10. The fourth-order valence-corrected chi connectivity index (χ4v) is 1.58. The molecule has 0 spiro atoms. The second-order valence-corrected chi connectivity index (χ2v) is 3.37. The van der Waals surface area contributed by atoms with Gasteiger partial charge < -0.3 is 9.84 Å². The van der Waals surface area contributed by atoms with E-state index in [1.165, 1.54) is 7.11 Å². The van der Waals surface area contributed by atoms with Gasteiger partial charge in [0, 0.05) is 4.47 Å². The lowest BCUT2D eigenvalue weighted by atomic mass is 10.3. The minimum absolute atomic E-state index is 0.0685.